The maximum Gasteiger partial charge on any atom is 0.274 e. The highest BCUT2D eigenvalue weighted by Gasteiger charge is 2.27. The van der Waals surface area contributed by atoms with Gasteiger partial charge in [0.05, 0.1) is 0 Å². The zero-order chi connectivity index (χ0) is 11.8. The van der Waals surface area contributed by atoms with Crippen molar-refractivity contribution in [3.63, 3.8) is 0 Å². The van der Waals surface area contributed by atoms with Gasteiger partial charge in [-0.25, -0.2) is 0 Å². The Hall–Kier alpha value is -1.69. The highest BCUT2D eigenvalue weighted by molar-refractivity contribution is 7.15. The summed E-state index contributed by atoms with van der Waals surface area (Å²) in [4.78, 5) is 11.9. The molecule has 1 fully saturated rings. The lowest BCUT2D eigenvalue weighted by Crippen LogP contribution is -2.15. The number of aromatic nitrogens is 3. The van der Waals surface area contributed by atoms with Crippen molar-refractivity contribution in [3.8, 4) is 0 Å². The Kier molecular flexibility index (Phi) is 2.44. The summed E-state index contributed by atoms with van der Waals surface area (Å²) in [7, 11) is 1.84. The van der Waals surface area contributed by atoms with E-state index in [1.54, 1.807) is 10.6 Å². The molecule has 6 heteroatoms. The first-order chi connectivity index (χ1) is 8.24. The van der Waals surface area contributed by atoms with Gasteiger partial charge in [0.15, 0.2) is 0 Å². The molecule has 3 rings (SSSR count). The lowest BCUT2D eigenvalue weighted by molar-refractivity contribution is 0.101. The monoisotopic (exact) mass is 248 g/mol. The molecule has 1 amide bonds. The van der Waals surface area contributed by atoms with E-state index in [4.69, 9.17) is 0 Å². The van der Waals surface area contributed by atoms with Crippen molar-refractivity contribution in [1.29, 1.82) is 0 Å². The van der Waals surface area contributed by atoms with Gasteiger partial charge in [0.25, 0.3) is 5.91 Å². The van der Waals surface area contributed by atoms with Crippen LogP contribution in [0.3, 0.4) is 0 Å². The van der Waals surface area contributed by atoms with Gasteiger partial charge in [0.1, 0.15) is 10.7 Å². The minimum Gasteiger partial charge on any atom is -0.347 e. The van der Waals surface area contributed by atoms with E-state index >= 15 is 0 Å². The van der Waals surface area contributed by atoms with Crippen LogP contribution < -0.4 is 5.32 Å². The molecule has 2 aromatic rings. The number of rotatable bonds is 3. The maximum atomic E-state index is 11.9. The van der Waals surface area contributed by atoms with Crippen molar-refractivity contribution in [2.75, 3.05) is 5.32 Å². The number of nitrogens with one attached hydrogen (secondary N) is 1. The van der Waals surface area contributed by atoms with E-state index in [0.717, 1.165) is 5.01 Å². The van der Waals surface area contributed by atoms with Gasteiger partial charge in [-0.05, 0) is 25.0 Å². The first kappa shape index (κ1) is 10.5. The first-order valence-corrected chi connectivity index (χ1v) is 6.32. The zero-order valence-corrected chi connectivity index (χ0v) is 10.2. The molecule has 0 spiro atoms. The summed E-state index contributed by atoms with van der Waals surface area (Å²) in [5.41, 5.74) is 0.619. The molecule has 0 aliphatic heterocycles. The Balaban J connectivity index is 1.73. The van der Waals surface area contributed by atoms with Gasteiger partial charge < -0.3 is 4.57 Å². The summed E-state index contributed by atoms with van der Waals surface area (Å²) >= 11 is 1.47. The molecule has 88 valence electrons. The van der Waals surface area contributed by atoms with Gasteiger partial charge in [-0.3, -0.25) is 10.1 Å². The van der Waals surface area contributed by atoms with E-state index in [9.17, 15) is 4.79 Å². The third kappa shape index (κ3) is 2.08. The van der Waals surface area contributed by atoms with Crippen LogP contribution in [0.1, 0.15) is 34.3 Å². The fourth-order valence-corrected chi connectivity index (χ4v) is 2.55. The quantitative estimate of drug-likeness (QED) is 0.903. The van der Waals surface area contributed by atoms with E-state index in [1.165, 1.54) is 24.2 Å². The number of amides is 1. The molecule has 17 heavy (non-hydrogen) atoms. The standard InChI is InChI=1S/C11H12N4OS/c1-15-6-2-3-8(15)9(16)12-11-14-13-10(17-11)7-4-5-7/h2-3,6-7H,4-5H2,1H3,(H,12,14,16). The average Bonchev–Trinajstić information content (AvgIpc) is 2.90. The molecule has 1 saturated carbocycles. The minimum atomic E-state index is -0.143. The number of carbonyl (C=O) groups excluding carboxylic acids is 1. The third-order valence-electron chi connectivity index (χ3n) is 2.76. The summed E-state index contributed by atoms with van der Waals surface area (Å²) in [5.74, 6) is 0.434. The SMILES string of the molecule is Cn1cccc1C(=O)Nc1nnc(C2CC2)s1. The van der Waals surface area contributed by atoms with Gasteiger partial charge in [-0.1, -0.05) is 11.3 Å². The predicted octanol–water partition coefficient (Wildman–Crippen LogP) is 2.01. The lowest BCUT2D eigenvalue weighted by atomic mass is 10.4. The lowest BCUT2D eigenvalue weighted by Gasteiger charge is -2.01. The van der Waals surface area contributed by atoms with Gasteiger partial charge in [0, 0.05) is 19.2 Å². The van der Waals surface area contributed by atoms with Crippen LogP contribution in [-0.2, 0) is 7.05 Å². The van der Waals surface area contributed by atoms with Crippen LogP contribution >= 0.6 is 11.3 Å². The molecule has 0 radical (unpaired) electrons. The second-order valence-corrected chi connectivity index (χ2v) is 5.19. The second-order valence-electron chi connectivity index (χ2n) is 4.18. The fraction of sp³-hybridized carbons (Fsp3) is 0.364. The summed E-state index contributed by atoms with van der Waals surface area (Å²) in [6.07, 6.45) is 4.23. The molecule has 1 N–H and O–H groups in total. The maximum absolute atomic E-state index is 11.9. The minimum absolute atomic E-state index is 0.143. The highest BCUT2D eigenvalue weighted by Crippen LogP contribution is 2.42. The topological polar surface area (TPSA) is 59.8 Å². The Morgan fingerprint density at radius 1 is 1.53 bits per heavy atom. The number of aryl methyl sites for hydroxylation is 1. The van der Waals surface area contributed by atoms with Crippen molar-refractivity contribution >= 4 is 22.4 Å². The Morgan fingerprint density at radius 2 is 2.35 bits per heavy atom. The fourth-order valence-electron chi connectivity index (χ4n) is 1.64. The average molecular weight is 248 g/mol. The molecule has 0 aromatic carbocycles. The van der Waals surface area contributed by atoms with Gasteiger partial charge in [-0.15, -0.1) is 10.2 Å². The van der Waals surface area contributed by atoms with E-state index in [2.05, 4.69) is 15.5 Å². The van der Waals surface area contributed by atoms with Crippen molar-refractivity contribution < 1.29 is 4.79 Å². The van der Waals surface area contributed by atoms with Crippen LogP contribution in [-0.4, -0.2) is 20.7 Å². The zero-order valence-electron chi connectivity index (χ0n) is 9.38. The van der Waals surface area contributed by atoms with E-state index < -0.39 is 0 Å². The van der Waals surface area contributed by atoms with Crippen molar-refractivity contribution in [2.45, 2.75) is 18.8 Å². The Labute approximate surface area is 102 Å². The molecular formula is C11H12N4OS. The number of hydrogen-bond acceptors (Lipinski definition) is 4. The Morgan fingerprint density at radius 3 is 3.00 bits per heavy atom. The van der Waals surface area contributed by atoms with E-state index in [-0.39, 0.29) is 5.91 Å². The van der Waals surface area contributed by atoms with Crippen molar-refractivity contribution in [2.24, 2.45) is 7.05 Å². The smallest absolute Gasteiger partial charge is 0.274 e. The molecule has 1 aliphatic carbocycles. The van der Waals surface area contributed by atoms with Crippen molar-refractivity contribution in [3.05, 3.63) is 29.0 Å². The molecule has 1 aliphatic rings. The van der Waals surface area contributed by atoms with Crippen LogP contribution in [0.5, 0.6) is 0 Å². The van der Waals surface area contributed by atoms with Crippen LogP contribution in [0, 0.1) is 0 Å². The molecule has 0 unspecified atom stereocenters. The third-order valence-corrected chi connectivity index (χ3v) is 3.77. The normalized spacial score (nSPS) is 14.9. The molecule has 0 bridgehead atoms. The summed E-state index contributed by atoms with van der Waals surface area (Å²) in [6.45, 7) is 0. The number of carbonyl (C=O) groups is 1. The van der Waals surface area contributed by atoms with Crippen LogP contribution in [0.25, 0.3) is 0 Å². The van der Waals surface area contributed by atoms with Gasteiger partial charge >= 0.3 is 0 Å². The number of hydrogen-bond donors (Lipinski definition) is 1. The molecule has 2 aromatic heterocycles. The van der Waals surface area contributed by atoms with Gasteiger partial charge in [-0.2, -0.15) is 0 Å². The van der Waals surface area contributed by atoms with Crippen LogP contribution in [0.2, 0.25) is 0 Å². The van der Waals surface area contributed by atoms with Gasteiger partial charge in [0.2, 0.25) is 5.13 Å². The van der Waals surface area contributed by atoms with Crippen LogP contribution in [0.15, 0.2) is 18.3 Å². The summed E-state index contributed by atoms with van der Waals surface area (Å²) in [6, 6.07) is 3.61. The summed E-state index contributed by atoms with van der Waals surface area (Å²) in [5, 5.41) is 12.5. The van der Waals surface area contributed by atoms with E-state index in [1.807, 2.05) is 19.3 Å². The number of anilines is 1. The first-order valence-electron chi connectivity index (χ1n) is 5.50. The predicted molar refractivity (Wildman–Crippen MR) is 65.3 cm³/mol. The molecule has 2 heterocycles. The summed E-state index contributed by atoms with van der Waals surface area (Å²) < 4.78 is 1.78. The molecule has 0 saturated heterocycles. The van der Waals surface area contributed by atoms with Crippen molar-refractivity contribution in [1.82, 2.24) is 14.8 Å². The highest BCUT2D eigenvalue weighted by atomic mass is 32.1. The molecule has 0 atom stereocenters. The van der Waals surface area contributed by atoms with E-state index in [0.29, 0.717) is 16.7 Å². The molecular weight excluding hydrogens is 236 g/mol. The van der Waals surface area contributed by atoms with Crippen LogP contribution in [0.4, 0.5) is 5.13 Å². The molecule has 5 nitrogen and oxygen atoms in total. The second kappa shape index (κ2) is 3.96. The Bertz CT molecular complexity index is 555. The largest absolute Gasteiger partial charge is 0.347 e. The number of nitrogens with zero attached hydrogens (tertiary/aromatic N) is 3.